The second-order valence-corrected chi connectivity index (χ2v) is 5.96. The van der Waals surface area contributed by atoms with Crippen molar-refractivity contribution >= 4 is 11.6 Å². The fraction of sp³-hybridized carbons (Fsp3) is 0.375. The summed E-state index contributed by atoms with van der Waals surface area (Å²) in [5.74, 6) is -0.337. The van der Waals surface area contributed by atoms with Gasteiger partial charge in [-0.05, 0) is 19.9 Å². The highest BCUT2D eigenvalue weighted by Gasteiger charge is 2.23. The summed E-state index contributed by atoms with van der Waals surface area (Å²) in [5.41, 5.74) is 2.31. The van der Waals surface area contributed by atoms with Crippen molar-refractivity contribution in [3.8, 4) is 0 Å². The molecule has 0 unspecified atom stereocenters. The van der Waals surface area contributed by atoms with E-state index in [1.54, 1.807) is 24.9 Å². The van der Waals surface area contributed by atoms with Crippen LogP contribution in [0, 0.1) is 13.8 Å². The number of amides is 1. The Balaban J connectivity index is 1.95. The first-order valence-electron chi connectivity index (χ1n) is 7.66. The largest absolute Gasteiger partial charge is 0.337 e. The monoisotopic (exact) mass is 348 g/mol. The molecule has 132 valence electrons. The lowest BCUT2D eigenvalue weighted by atomic mass is 10.2. The zero-order valence-electron chi connectivity index (χ0n) is 14.4. The molecule has 0 radical (unpaired) electrons. The summed E-state index contributed by atoms with van der Waals surface area (Å²) >= 11 is 0. The summed E-state index contributed by atoms with van der Waals surface area (Å²) in [6.45, 7) is 3.87. The SMILES string of the molecule is Cc1cc(C(F)F)n2ncc(C(=O)N(C)Cc3cnn(C)c3C)c2n1. The highest BCUT2D eigenvalue weighted by molar-refractivity contribution is 5.99. The molecular formula is C16H18F2N6O. The number of aryl methyl sites for hydroxylation is 2. The summed E-state index contributed by atoms with van der Waals surface area (Å²) in [6.07, 6.45) is 0.276. The zero-order valence-corrected chi connectivity index (χ0v) is 14.4. The summed E-state index contributed by atoms with van der Waals surface area (Å²) in [4.78, 5) is 18.5. The molecule has 0 N–H and O–H groups in total. The minimum absolute atomic E-state index is 0.134. The van der Waals surface area contributed by atoms with E-state index in [1.165, 1.54) is 17.2 Å². The molecule has 0 spiro atoms. The van der Waals surface area contributed by atoms with Gasteiger partial charge in [-0.15, -0.1) is 0 Å². The van der Waals surface area contributed by atoms with Gasteiger partial charge in [-0.3, -0.25) is 9.48 Å². The van der Waals surface area contributed by atoms with E-state index >= 15 is 0 Å². The summed E-state index contributed by atoms with van der Waals surface area (Å²) in [6, 6.07) is 1.27. The van der Waals surface area contributed by atoms with Crippen LogP contribution in [0.15, 0.2) is 18.5 Å². The highest BCUT2D eigenvalue weighted by atomic mass is 19.3. The molecule has 3 aromatic heterocycles. The van der Waals surface area contributed by atoms with Crippen LogP contribution in [0.25, 0.3) is 5.65 Å². The van der Waals surface area contributed by atoms with Gasteiger partial charge in [-0.2, -0.15) is 10.2 Å². The van der Waals surface area contributed by atoms with E-state index < -0.39 is 6.43 Å². The van der Waals surface area contributed by atoms with Crippen LogP contribution in [0.1, 0.15) is 39.4 Å². The fourth-order valence-corrected chi connectivity index (χ4v) is 2.65. The molecular weight excluding hydrogens is 330 g/mol. The normalized spacial score (nSPS) is 11.5. The molecule has 0 aliphatic rings. The number of aromatic nitrogens is 5. The molecule has 3 rings (SSSR count). The number of hydrogen-bond donors (Lipinski definition) is 0. The number of alkyl halides is 2. The van der Waals surface area contributed by atoms with Crippen LogP contribution in [0.5, 0.6) is 0 Å². The Labute approximate surface area is 142 Å². The molecule has 7 nitrogen and oxygen atoms in total. The number of nitrogens with zero attached hydrogens (tertiary/aromatic N) is 6. The minimum atomic E-state index is -2.71. The maximum Gasteiger partial charge on any atom is 0.280 e. The predicted molar refractivity (Wildman–Crippen MR) is 86.4 cm³/mol. The van der Waals surface area contributed by atoms with E-state index in [-0.39, 0.29) is 22.8 Å². The zero-order chi connectivity index (χ0) is 18.3. The van der Waals surface area contributed by atoms with Gasteiger partial charge in [0, 0.05) is 37.6 Å². The number of carbonyl (C=O) groups is 1. The molecule has 0 aromatic carbocycles. The molecule has 3 heterocycles. The van der Waals surface area contributed by atoms with Gasteiger partial charge in [0.15, 0.2) is 5.65 Å². The van der Waals surface area contributed by atoms with Gasteiger partial charge < -0.3 is 4.90 Å². The lowest BCUT2D eigenvalue weighted by Crippen LogP contribution is -2.26. The molecule has 0 saturated heterocycles. The number of fused-ring (bicyclic) bond motifs is 1. The van der Waals surface area contributed by atoms with Crippen LogP contribution in [0.3, 0.4) is 0 Å². The van der Waals surface area contributed by atoms with Crippen molar-refractivity contribution in [1.82, 2.24) is 29.3 Å². The molecule has 1 amide bonds. The van der Waals surface area contributed by atoms with Gasteiger partial charge in [0.1, 0.15) is 11.3 Å². The molecule has 25 heavy (non-hydrogen) atoms. The van der Waals surface area contributed by atoms with Crippen molar-refractivity contribution < 1.29 is 13.6 Å². The van der Waals surface area contributed by atoms with Crippen molar-refractivity contribution in [3.05, 3.63) is 46.7 Å². The molecule has 0 aliphatic heterocycles. The number of rotatable bonds is 4. The molecule has 0 atom stereocenters. The Bertz CT molecular complexity index is 946. The van der Waals surface area contributed by atoms with Gasteiger partial charge in [0.05, 0.1) is 12.4 Å². The minimum Gasteiger partial charge on any atom is -0.337 e. The van der Waals surface area contributed by atoms with E-state index in [9.17, 15) is 13.6 Å². The first-order valence-corrected chi connectivity index (χ1v) is 7.66. The second kappa shape index (κ2) is 6.23. The van der Waals surface area contributed by atoms with E-state index in [2.05, 4.69) is 15.2 Å². The summed E-state index contributed by atoms with van der Waals surface area (Å²) in [7, 11) is 3.46. The average molecular weight is 348 g/mol. The highest BCUT2D eigenvalue weighted by Crippen LogP contribution is 2.22. The Morgan fingerprint density at radius 3 is 2.60 bits per heavy atom. The Morgan fingerprint density at radius 2 is 2.00 bits per heavy atom. The van der Waals surface area contributed by atoms with Gasteiger partial charge in [-0.1, -0.05) is 0 Å². The molecule has 0 saturated carbocycles. The van der Waals surface area contributed by atoms with Crippen molar-refractivity contribution in [3.63, 3.8) is 0 Å². The maximum absolute atomic E-state index is 13.2. The van der Waals surface area contributed by atoms with Crippen LogP contribution in [-0.4, -0.2) is 42.2 Å². The first kappa shape index (κ1) is 17.0. The molecule has 0 bridgehead atoms. The topological polar surface area (TPSA) is 68.3 Å². The number of hydrogen-bond acceptors (Lipinski definition) is 4. The van der Waals surface area contributed by atoms with Gasteiger partial charge >= 0.3 is 0 Å². The van der Waals surface area contributed by atoms with Gasteiger partial charge in [0.25, 0.3) is 12.3 Å². The van der Waals surface area contributed by atoms with E-state index in [0.29, 0.717) is 12.2 Å². The van der Waals surface area contributed by atoms with Crippen molar-refractivity contribution in [1.29, 1.82) is 0 Å². The molecule has 0 aliphatic carbocycles. The van der Waals surface area contributed by atoms with Gasteiger partial charge in [-0.25, -0.2) is 18.3 Å². The summed E-state index contributed by atoms with van der Waals surface area (Å²) in [5, 5.41) is 8.07. The van der Waals surface area contributed by atoms with E-state index in [1.807, 2.05) is 14.0 Å². The van der Waals surface area contributed by atoms with Crippen LogP contribution in [-0.2, 0) is 13.6 Å². The molecule has 3 aromatic rings. The lowest BCUT2D eigenvalue weighted by Gasteiger charge is -2.16. The average Bonchev–Trinajstić information content (AvgIpc) is 3.11. The van der Waals surface area contributed by atoms with Crippen LogP contribution in [0.2, 0.25) is 0 Å². The molecule has 9 heteroatoms. The quantitative estimate of drug-likeness (QED) is 0.725. The van der Waals surface area contributed by atoms with Gasteiger partial charge in [0.2, 0.25) is 0 Å². The van der Waals surface area contributed by atoms with Crippen LogP contribution < -0.4 is 0 Å². The maximum atomic E-state index is 13.2. The smallest absolute Gasteiger partial charge is 0.280 e. The standard InChI is InChI=1S/C16H18F2N6O/c1-9-5-13(14(17)18)24-15(21-9)12(7-20-24)16(25)22(3)8-11-6-19-23(4)10(11)2/h5-7,14H,8H2,1-4H3. The van der Waals surface area contributed by atoms with E-state index in [0.717, 1.165) is 15.8 Å². The van der Waals surface area contributed by atoms with Crippen molar-refractivity contribution in [2.24, 2.45) is 7.05 Å². The first-order chi connectivity index (χ1) is 11.8. The number of carbonyl (C=O) groups excluding carboxylic acids is 1. The predicted octanol–water partition coefficient (Wildman–Crippen LogP) is 2.29. The third-order valence-electron chi connectivity index (χ3n) is 4.17. The van der Waals surface area contributed by atoms with Crippen molar-refractivity contribution in [2.75, 3.05) is 7.05 Å². The third kappa shape index (κ3) is 2.97. The van der Waals surface area contributed by atoms with Crippen LogP contribution >= 0.6 is 0 Å². The fourth-order valence-electron chi connectivity index (χ4n) is 2.65. The van der Waals surface area contributed by atoms with E-state index in [4.69, 9.17) is 0 Å². The third-order valence-corrected chi connectivity index (χ3v) is 4.17. The Morgan fingerprint density at radius 1 is 1.28 bits per heavy atom. The van der Waals surface area contributed by atoms with Crippen molar-refractivity contribution in [2.45, 2.75) is 26.8 Å². The lowest BCUT2D eigenvalue weighted by molar-refractivity contribution is 0.0786. The second-order valence-electron chi connectivity index (χ2n) is 5.96. The number of halogens is 2. The molecule has 0 fully saturated rings. The Hall–Kier alpha value is -2.84. The van der Waals surface area contributed by atoms with Crippen LogP contribution in [0.4, 0.5) is 8.78 Å². The Kier molecular flexibility index (Phi) is 4.23. The summed E-state index contributed by atoms with van der Waals surface area (Å²) < 4.78 is 29.1.